The van der Waals surface area contributed by atoms with Gasteiger partial charge in [-0.2, -0.15) is 0 Å². The van der Waals surface area contributed by atoms with Crippen LogP contribution < -0.4 is 0 Å². The minimum Gasteiger partial charge on any atom is -0.472 e. The van der Waals surface area contributed by atoms with E-state index in [1.807, 2.05) is 0 Å². The molecular weight excluding hydrogens is 254 g/mol. The third kappa shape index (κ3) is 2.31. The van der Waals surface area contributed by atoms with Crippen molar-refractivity contribution < 1.29 is 4.42 Å². The Morgan fingerprint density at radius 2 is 1.93 bits per heavy atom. The molecule has 0 radical (unpaired) electrons. The maximum atomic E-state index is 6.25. The summed E-state index contributed by atoms with van der Waals surface area (Å²) in [5.74, 6) is 0. The first-order valence-electron chi connectivity index (χ1n) is 4.29. The van der Waals surface area contributed by atoms with Gasteiger partial charge in [0.05, 0.1) is 17.9 Å². The summed E-state index contributed by atoms with van der Waals surface area (Å²) in [7, 11) is 0. The second kappa shape index (κ2) is 4.48. The molecule has 0 aliphatic rings. The number of alkyl halides is 1. The van der Waals surface area contributed by atoms with Crippen LogP contribution in [0.5, 0.6) is 0 Å². The highest BCUT2D eigenvalue weighted by atomic mass is 35.5. The first kappa shape index (κ1) is 10.9. The molecule has 1 aromatic carbocycles. The molecule has 78 valence electrons. The van der Waals surface area contributed by atoms with Crippen LogP contribution in [0.25, 0.3) is 0 Å². The van der Waals surface area contributed by atoms with Crippen molar-refractivity contribution in [1.82, 2.24) is 0 Å². The van der Waals surface area contributed by atoms with Crippen molar-refractivity contribution in [2.24, 2.45) is 0 Å². The van der Waals surface area contributed by atoms with E-state index in [0.29, 0.717) is 10.0 Å². The van der Waals surface area contributed by atoms with E-state index in [0.717, 1.165) is 11.1 Å². The van der Waals surface area contributed by atoms with E-state index in [1.165, 1.54) is 0 Å². The Hall–Kier alpha value is -0.630. The molecule has 1 heterocycles. The molecule has 0 aliphatic carbocycles. The van der Waals surface area contributed by atoms with Crippen LogP contribution in [0.4, 0.5) is 0 Å². The smallest absolute Gasteiger partial charge is 0.0952 e. The van der Waals surface area contributed by atoms with Gasteiger partial charge in [-0.15, -0.1) is 11.6 Å². The normalized spacial score (nSPS) is 12.7. The number of benzene rings is 1. The highest BCUT2D eigenvalue weighted by Gasteiger charge is 2.15. The zero-order valence-electron chi connectivity index (χ0n) is 7.58. The van der Waals surface area contributed by atoms with Gasteiger partial charge in [0.15, 0.2) is 0 Å². The number of halogens is 3. The SMILES string of the molecule is Clc1ccc(Cl)c(C(Cl)c2ccoc2)c1. The van der Waals surface area contributed by atoms with Gasteiger partial charge in [0.1, 0.15) is 0 Å². The zero-order valence-corrected chi connectivity index (χ0v) is 9.85. The molecule has 2 aromatic rings. The van der Waals surface area contributed by atoms with E-state index in [4.69, 9.17) is 39.2 Å². The molecule has 4 heteroatoms. The zero-order chi connectivity index (χ0) is 10.8. The predicted molar refractivity (Wildman–Crippen MR) is 62.9 cm³/mol. The number of hydrogen-bond donors (Lipinski definition) is 0. The average molecular weight is 262 g/mol. The van der Waals surface area contributed by atoms with Gasteiger partial charge in [0.25, 0.3) is 0 Å². The summed E-state index contributed by atoms with van der Waals surface area (Å²) >= 11 is 18.2. The fourth-order valence-corrected chi connectivity index (χ4v) is 2.08. The van der Waals surface area contributed by atoms with Crippen molar-refractivity contribution in [2.75, 3.05) is 0 Å². The number of furan rings is 1. The van der Waals surface area contributed by atoms with Crippen LogP contribution >= 0.6 is 34.8 Å². The molecule has 0 saturated carbocycles. The quantitative estimate of drug-likeness (QED) is 0.700. The lowest BCUT2D eigenvalue weighted by atomic mass is 10.1. The van der Waals surface area contributed by atoms with E-state index in [-0.39, 0.29) is 5.38 Å². The molecule has 0 fully saturated rings. The van der Waals surface area contributed by atoms with Gasteiger partial charge in [-0.25, -0.2) is 0 Å². The maximum absolute atomic E-state index is 6.25. The van der Waals surface area contributed by atoms with Crippen molar-refractivity contribution in [2.45, 2.75) is 5.38 Å². The molecule has 1 unspecified atom stereocenters. The van der Waals surface area contributed by atoms with E-state index in [2.05, 4.69) is 0 Å². The highest BCUT2D eigenvalue weighted by molar-refractivity contribution is 6.35. The summed E-state index contributed by atoms with van der Waals surface area (Å²) in [4.78, 5) is 0. The van der Waals surface area contributed by atoms with Gasteiger partial charge in [-0.3, -0.25) is 0 Å². The molecular formula is C11H7Cl3O. The van der Waals surface area contributed by atoms with Gasteiger partial charge in [0.2, 0.25) is 0 Å². The van der Waals surface area contributed by atoms with E-state index >= 15 is 0 Å². The summed E-state index contributed by atoms with van der Waals surface area (Å²) in [5.41, 5.74) is 1.65. The first-order valence-corrected chi connectivity index (χ1v) is 5.49. The summed E-state index contributed by atoms with van der Waals surface area (Å²) in [6.45, 7) is 0. The van der Waals surface area contributed by atoms with E-state index < -0.39 is 0 Å². The second-order valence-corrected chi connectivity index (χ2v) is 4.37. The molecule has 0 bridgehead atoms. The summed E-state index contributed by atoms with van der Waals surface area (Å²) < 4.78 is 4.97. The Morgan fingerprint density at radius 1 is 1.13 bits per heavy atom. The third-order valence-corrected chi connectivity index (χ3v) is 3.13. The van der Waals surface area contributed by atoms with Crippen molar-refractivity contribution >= 4 is 34.8 Å². The lowest BCUT2D eigenvalue weighted by Gasteiger charge is -2.09. The van der Waals surface area contributed by atoms with Crippen molar-refractivity contribution in [3.63, 3.8) is 0 Å². The lowest BCUT2D eigenvalue weighted by Crippen LogP contribution is -1.92. The number of rotatable bonds is 2. The first-order chi connectivity index (χ1) is 7.18. The van der Waals surface area contributed by atoms with Gasteiger partial charge >= 0.3 is 0 Å². The van der Waals surface area contributed by atoms with Gasteiger partial charge in [-0.1, -0.05) is 23.2 Å². The molecule has 1 nitrogen and oxygen atoms in total. The van der Waals surface area contributed by atoms with Crippen molar-refractivity contribution in [1.29, 1.82) is 0 Å². The lowest BCUT2D eigenvalue weighted by molar-refractivity contribution is 0.564. The molecule has 1 aromatic heterocycles. The number of hydrogen-bond acceptors (Lipinski definition) is 1. The topological polar surface area (TPSA) is 13.1 Å². The Kier molecular flexibility index (Phi) is 3.25. The van der Waals surface area contributed by atoms with Crippen molar-refractivity contribution in [3.8, 4) is 0 Å². The Balaban J connectivity index is 2.41. The molecule has 0 aliphatic heterocycles. The molecule has 0 saturated heterocycles. The standard InChI is InChI=1S/C11H7Cl3O/c12-8-1-2-10(13)9(5-8)11(14)7-3-4-15-6-7/h1-6,11H. The van der Waals surface area contributed by atoms with Gasteiger partial charge in [0, 0.05) is 15.6 Å². The van der Waals surface area contributed by atoms with Gasteiger partial charge < -0.3 is 4.42 Å². The summed E-state index contributed by atoms with van der Waals surface area (Å²) in [6.07, 6.45) is 3.16. The monoisotopic (exact) mass is 260 g/mol. The maximum Gasteiger partial charge on any atom is 0.0952 e. The summed E-state index contributed by atoms with van der Waals surface area (Å²) in [5, 5.41) is 0.874. The second-order valence-electron chi connectivity index (χ2n) is 3.09. The van der Waals surface area contributed by atoms with Crippen LogP contribution in [0, 0.1) is 0 Å². The van der Waals surface area contributed by atoms with E-state index in [1.54, 1.807) is 36.8 Å². The molecule has 0 spiro atoms. The van der Waals surface area contributed by atoms with Crippen LogP contribution in [-0.4, -0.2) is 0 Å². The molecule has 0 N–H and O–H groups in total. The Bertz CT molecular complexity index is 451. The molecule has 15 heavy (non-hydrogen) atoms. The van der Waals surface area contributed by atoms with E-state index in [9.17, 15) is 0 Å². The van der Waals surface area contributed by atoms with Crippen LogP contribution in [0.15, 0.2) is 41.2 Å². The van der Waals surface area contributed by atoms with Crippen LogP contribution in [0.3, 0.4) is 0 Å². The minimum absolute atomic E-state index is 0.338. The molecule has 2 rings (SSSR count). The Labute approximate surface area is 103 Å². The predicted octanol–water partition coefficient (Wildman–Crippen LogP) is 4.91. The van der Waals surface area contributed by atoms with Crippen LogP contribution in [-0.2, 0) is 0 Å². The third-order valence-electron chi connectivity index (χ3n) is 2.07. The average Bonchev–Trinajstić information content (AvgIpc) is 2.74. The largest absolute Gasteiger partial charge is 0.472 e. The molecule has 1 atom stereocenters. The van der Waals surface area contributed by atoms with Crippen molar-refractivity contribution in [3.05, 3.63) is 58.0 Å². The Morgan fingerprint density at radius 3 is 2.60 bits per heavy atom. The summed E-state index contributed by atoms with van der Waals surface area (Å²) in [6, 6.07) is 7.02. The highest BCUT2D eigenvalue weighted by Crippen LogP contribution is 2.35. The fourth-order valence-electron chi connectivity index (χ4n) is 1.31. The molecule has 0 amide bonds. The van der Waals surface area contributed by atoms with Gasteiger partial charge in [-0.05, 0) is 29.8 Å². The van der Waals surface area contributed by atoms with Crippen LogP contribution in [0.1, 0.15) is 16.5 Å². The van der Waals surface area contributed by atoms with Crippen LogP contribution in [0.2, 0.25) is 10.0 Å². The fraction of sp³-hybridized carbons (Fsp3) is 0.0909. The minimum atomic E-state index is -0.338.